The molecule has 1 aromatic heterocycles. The van der Waals surface area contributed by atoms with E-state index in [1.54, 1.807) is 24.3 Å². The molecule has 1 fully saturated rings. The lowest BCUT2D eigenvalue weighted by Gasteiger charge is -2.23. The highest BCUT2D eigenvalue weighted by Gasteiger charge is 2.35. The van der Waals surface area contributed by atoms with Gasteiger partial charge < -0.3 is 15.4 Å². The molecule has 0 amide bonds. The third kappa shape index (κ3) is 7.10. The molecule has 3 aromatic rings. The molecule has 1 saturated carbocycles. The lowest BCUT2D eigenvalue weighted by molar-refractivity contribution is -0.137. The quantitative estimate of drug-likeness (QED) is 0.340. The van der Waals surface area contributed by atoms with Crippen LogP contribution in [-0.2, 0) is 12.6 Å². The van der Waals surface area contributed by atoms with Crippen molar-refractivity contribution in [2.75, 3.05) is 10.6 Å². The average molecular weight is 485 g/mol. The van der Waals surface area contributed by atoms with Gasteiger partial charge in [0, 0.05) is 17.6 Å². The molecule has 0 saturated heterocycles. The lowest BCUT2D eigenvalue weighted by Crippen LogP contribution is -2.19. The fourth-order valence-corrected chi connectivity index (χ4v) is 4.20. The van der Waals surface area contributed by atoms with Gasteiger partial charge in [-0.3, -0.25) is 0 Å². The molecule has 5 nitrogen and oxygen atoms in total. The lowest BCUT2D eigenvalue weighted by atomic mass is 9.98. The molecule has 0 radical (unpaired) electrons. The van der Waals surface area contributed by atoms with E-state index in [0.29, 0.717) is 17.3 Å². The van der Waals surface area contributed by atoms with Gasteiger partial charge in [-0.15, -0.1) is 0 Å². The minimum Gasteiger partial charge on any atom is -0.490 e. The second-order valence-corrected chi connectivity index (χ2v) is 9.40. The molecular weight excluding hydrogens is 453 g/mol. The van der Waals surface area contributed by atoms with Crippen LogP contribution in [0, 0.1) is 5.92 Å². The van der Waals surface area contributed by atoms with E-state index in [4.69, 9.17) is 4.74 Å². The number of anilines is 4. The second kappa shape index (κ2) is 11.0. The molecular formula is C27H31F3N4O. The summed E-state index contributed by atoms with van der Waals surface area (Å²) >= 11 is 0. The highest BCUT2D eigenvalue weighted by atomic mass is 19.4. The van der Waals surface area contributed by atoms with E-state index in [9.17, 15) is 13.2 Å². The van der Waals surface area contributed by atoms with Crippen molar-refractivity contribution >= 4 is 23.1 Å². The van der Waals surface area contributed by atoms with E-state index in [-0.39, 0.29) is 17.9 Å². The molecule has 35 heavy (non-hydrogen) atoms. The van der Waals surface area contributed by atoms with E-state index in [1.807, 2.05) is 24.3 Å². The predicted octanol–water partition coefficient (Wildman–Crippen LogP) is 7.89. The van der Waals surface area contributed by atoms with Crippen molar-refractivity contribution in [3.63, 3.8) is 0 Å². The summed E-state index contributed by atoms with van der Waals surface area (Å²) in [6, 6.07) is 14.6. The molecule has 4 rings (SSSR count). The Morgan fingerprint density at radius 3 is 2.17 bits per heavy atom. The van der Waals surface area contributed by atoms with Crippen molar-refractivity contribution in [3.05, 3.63) is 65.9 Å². The van der Waals surface area contributed by atoms with Gasteiger partial charge in [-0.25, -0.2) is 4.98 Å². The first kappa shape index (κ1) is 24.8. The Morgan fingerprint density at radius 2 is 1.54 bits per heavy atom. The molecule has 0 aliphatic heterocycles. The number of alkyl halides is 3. The predicted molar refractivity (Wildman–Crippen MR) is 133 cm³/mol. The van der Waals surface area contributed by atoms with Crippen molar-refractivity contribution in [1.82, 2.24) is 9.97 Å². The number of hydrogen-bond donors (Lipinski definition) is 2. The first-order valence-electron chi connectivity index (χ1n) is 12.1. The molecule has 1 aliphatic rings. The van der Waals surface area contributed by atoms with Crippen molar-refractivity contribution in [2.24, 2.45) is 5.92 Å². The van der Waals surface area contributed by atoms with Gasteiger partial charge in [0.2, 0.25) is 5.95 Å². The molecule has 2 N–H and O–H groups in total. The third-order valence-electron chi connectivity index (χ3n) is 5.92. The molecule has 0 bridgehead atoms. The molecule has 2 aromatic carbocycles. The zero-order chi connectivity index (χ0) is 24.8. The van der Waals surface area contributed by atoms with Crippen molar-refractivity contribution in [3.8, 4) is 5.75 Å². The molecule has 0 spiro atoms. The number of ether oxygens (including phenoxy) is 1. The summed E-state index contributed by atoms with van der Waals surface area (Å²) in [4.78, 5) is 8.02. The van der Waals surface area contributed by atoms with Gasteiger partial charge in [-0.2, -0.15) is 18.2 Å². The van der Waals surface area contributed by atoms with Crippen LogP contribution in [0.5, 0.6) is 5.75 Å². The van der Waals surface area contributed by atoms with Gasteiger partial charge >= 0.3 is 6.18 Å². The van der Waals surface area contributed by atoms with E-state index >= 15 is 0 Å². The van der Waals surface area contributed by atoms with Gasteiger partial charge in [0.15, 0.2) is 0 Å². The van der Waals surface area contributed by atoms with Crippen LogP contribution in [0.15, 0.2) is 54.7 Å². The van der Waals surface area contributed by atoms with E-state index in [2.05, 4.69) is 34.4 Å². The number of rotatable bonds is 8. The van der Waals surface area contributed by atoms with Crippen molar-refractivity contribution in [2.45, 2.75) is 64.7 Å². The largest absolute Gasteiger partial charge is 0.490 e. The van der Waals surface area contributed by atoms with Gasteiger partial charge in [0.25, 0.3) is 0 Å². The summed E-state index contributed by atoms with van der Waals surface area (Å²) in [6.07, 6.45) is 3.12. The first-order chi connectivity index (χ1) is 16.8. The van der Waals surface area contributed by atoms with Gasteiger partial charge in [0.1, 0.15) is 17.1 Å². The fourth-order valence-electron chi connectivity index (χ4n) is 4.20. The number of halogens is 3. The molecule has 1 heterocycles. The topological polar surface area (TPSA) is 59.1 Å². The summed E-state index contributed by atoms with van der Waals surface area (Å²) in [7, 11) is 0. The number of hydrogen-bond acceptors (Lipinski definition) is 5. The maximum atomic E-state index is 13.6. The number of nitrogens with zero attached hydrogens (tertiary/aromatic N) is 2. The Kier molecular flexibility index (Phi) is 7.78. The summed E-state index contributed by atoms with van der Waals surface area (Å²) in [5.41, 5.74) is 1.38. The Bertz CT molecular complexity index is 1090. The second-order valence-electron chi connectivity index (χ2n) is 9.40. The van der Waals surface area contributed by atoms with Crippen LogP contribution in [0.3, 0.4) is 0 Å². The van der Waals surface area contributed by atoms with E-state index < -0.39 is 11.7 Å². The monoisotopic (exact) mass is 484 g/mol. The summed E-state index contributed by atoms with van der Waals surface area (Å²) in [5.74, 6) is 1.04. The smallest absolute Gasteiger partial charge is 0.421 e. The Labute approximate surface area is 204 Å². The minimum atomic E-state index is -4.59. The Balaban J connectivity index is 1.48. The standard InChI is InChI=1S/C27H31F3N4O/c1-18(2)16-19-8-10-20(11-9-19)32-25-24(27(28,29)30)17-31-26(34-25)33-21-12-14-23(15-13-21)35-22-6-4-3-5-7-22/h8-15,17-18,22H,3-7,16H2,1-2H3,(H2,31,32,33,34). The molecule has 1 aliphatic carbocycles. The normalized spacial score (nSPS) is 14.7. The van der Waals surface area contributed by atoms with Crippen LogP contribution in [-0.4, -0.2) is 16.1 Å². The molecule has 0 atom stereocenters. The SMILES string of the molecule is CC(C)Cc1ccc(Nc2nc(Nc3ccc(OC4CCCCC4)cc3)ncc2C(F)(F)F)cc1. The van der Waals surface area contributed by atoms with Crippen LogP contribution in [0.1, 0.15) is 57.1 Å². The zero-order valence-corrected chi connectivity index (χ0v) is 20.0. The highest BCUT2D eigenvalue weighted by Crippen LogP contribution is 2.35. The zero-order valence-electron chi connectivity index (χ0n) is 20.0. The van der Waals surface area contributed by atoms with Crippen LogP contribution in [0.2, 0.25) is 0 Å². The first-order valence-corrected chi connectivity index (χ1v) is 12.1. The van der Waals surface area contributed by atoms with Crippen LogP contribution < -0.4 is 15.4 Å². The Morgan fingerprint density at radius 1 is 0.914 bits per heavy atom. The number of benzene rings is 2. The molecule has 0 unspecified atom stereocenters. The number of nitrogens with one attached hydrogen (secondary N) is 2. The highest BCUT2D eigenvalue weighted by molar-refractivity contribution is 5.63. The molecule has 186 valence electrons. The maximum absolute atomic E-state index is 13.6. The summed E-state index contributed by atoms with van der Waals surface area (Å²) in [5, 5.41) is 5.79. The van der Waals surface area contributed by atoms with Gasteiger partial charge in [-0.05, 0) is 80.0 Å². The van der Waals surface area contributed by atoms with E-state index in [0.717, 1.165) is 36.8 Å². The van der Waals surface area contributed by atoms with E-state index in [1.165, 1.54) is 19.3 Å². The third-order valence-corrected chi connectivity index (χ3v) is 5.92. The van der Waals surface area contributed by atoms with Gasteiger partial charge in [-0.1, -0.05) is 32.4 Å². The average Bonchev–Trinajstić information content (AvgIpc) is 2.81. The molecule has 8 heteroatoms. The maximum Gasteiger partial charge on any atom is 0.421 e. The van der Waals surface area contributed by atoms with Gasteiger partial charge in [0.05, 0.1) is 6.10 Å². The minimum absolute atomic E-state index is 0.0675. The van der Waals surface area contributed by atoms with Crippen LogP contribution >= 0.6 is 0 Å². The summed E-state index contributed by atoms with van der Waals surface area (Å²) in [6.45, 7) is 4.24. The van der Waals surface area contributed by atoms with Crippen molar-refractivity contribution in [1.29, 1.82) is 0 Å². The van der Waals surface area contributed by atoms with Crippen LogP contribution in [0.4, 0.5) is 36.3 Å². The summed E-state index contributed by atoms with van der Waals surface area (Å²) < 4.78 is 46.8. The number of aromatic nitrogens is 2. The fraction of sp³-hybridized carbons (Fsp3) is 0.407. The Hall–Kier alpha value is -3.29. The van der Waals surface area contributed by atoms with Crippen LogP contribution in [0.25, 0.3) is 0 Å². The van der Waals surface area contributed by atoms with Crippen molar-refractivity contribution < 1.29 is 17.9 Å².